The van der Waals surface area contributed by atoms with Gasteiger partial charge in [-0.15, -0.1) is 0 Å². The predicted octanol–water partition coefficient (Wildman–Crippen LogP) is 2.63. The molecular formula is C15H26N2O2. The smallest absolute Gasteiger partial charge is 0.0949 e. The molecule has 0 saturated carbocycles. The first-order chi connectivity index (χ1) is 8.94. The van der Waals surface area contributed by atoms with Crippen molar-refractivity contribution in [2.45, 2.75) is 45.9 Å². The summed E-state index contributed by atoms with van der Waals surface area (Å²) in [5.41, 5.74) is 7.74. The van der Waals surface area contributed by atoms with Gasteiger partial charge in [0.25, 0.3) is 0 Å². The average Bonchev–Trinajstić information content (AvgIpc) is 2.34. The van der Waals surface area contributed by atoms with Crippen LogP contribution in [-0.4, -0.2) is 28.8 Å². The van der Waals surface area contributed by atoms with E-state index < -0.39 is 5.60 Å². The van der Waals surface area contributed by atoms with Crippen molar-refractivity contribution < 1.29 is 10.1 Å². The highest BCUT2D eigenvalue weighted by Crippen LogP contribution is 2.12. The van der Waals surface area contributed by atoms with Gasteiger partial charge in [-0.05, 0) is 51.4 Å². The second kappa shape index (κ2) is 7.60. The quantitative estimate of drug-likeness (QED) is 0.652. The van der Waals surface area contributed by atoms with Crippen LogP contribution >= 0.6 is 0 Å². The molecule has 0 unspecified atom stereocenters. The maximum absolute atomic E-state index is 7.90. The molecule has 1 aromatic carbocycles. The molecule has 1 aromatic rings. The van der Waals surface area contributed by atoms with Crippen molar-refractivity contribution in [3.63, 3.8) is 0 Å². The van der Waals surface area contributed by atoms with Crippen molar-refractivity contribution in [2.24, 2.45) is 5.73 Å². The maximum atomic E-state index is 7.90. The lowest BCUT2D eigenvalue weighted by atomic mass is 10.1. The van der Waals surface area contributed by atoms with Gasteiger partial charge in [0.1, 0.15) is 0 Å². The summed E-state index contributed by atoms with van der Waals surface area (Å²) in [6.45, 7) is 9.58. The Balaban J connectivity index is 0.000000258. The maximum Gasteiger partial charge on any atom is 0.0949 e. The lowest BCUT2D eigenvalue weighted by Gasteiger charge is -2.30. The monoisotopic (exact) mass is 266 g/mol. The SMILES string of the molecule is CC(C)(C)OO.NCc1ccc(CN2CCC2)cc1. The molecule has 1 aliphatic heterocycles. The first-order valence-electron chi connectivity index (χ1n) is 6.77. The van der Waals surface area contributed by atoms with Gasteiger partial charge in [-0.25, -0.2) is 4.89 Å². The van der Waals surface area contributed by atoms with E-state index in [1.807, 2.05) is 0 Å². The van der Waals surface area contributed by atoms with Gasteiger partial charge in [0.05, 0.1) is 5.60 Å². The van der Waals surface area contributed by atoms with Crippen LogP contribution in [0.2, 0.25) is 0 Å². The Morgan fingerprint density at radius 2 is 1.63 bits per heavy atom. The first-order valence-corrected chi connectivity index (χ1v) is 6.77. The van der Waals surface area contributed by atoms with Crippen molar-refractivity contribution in [3.05, 3.63) is 35.4 Å². The van der Waals surface area contributed by atoms with Gasteiger partial charge in [0.15, 0.2) is 0 Å². The average molecular weight is 266 g/mol. The molecule has 0 aliphatic carbocycles. The Hall–Kier alpha value is -0.940. The summed E-state index contributed by atoms with van der Waals surface area (Å²) in [7, 11) is 0. The molecule has 0 aromatic heterocycles. The lowest BCUT2D eigenvalue weighted by Crippen LogP contribution is -2.36. The fraction of sp³-hybridized carbons (Fsp3) is 0.600. The Morgan fingerprint density at radius 1 is 1.16 bits per heavy atom. The molecule has 0 radical (unpaired) electrons. The molecule has 108 valence electrons. The van der Waals surface area contributed by atoms with E-state index >= 15 is 0 Å². The summed E-state index contributed by atoms with van der Waals surface area (Å²) in [5.74, 6) is 0. The number of nitrogens with two attached hydrogens (primary N) is 1. The molecule has 1 aliphatic rings. The van der Waals surface area contributed by atoms with Gasteiger partial charge in [0.2, 0.25) is 0 Å². The molecule has 2 rings (SSSR count). The molecule has 0 spiro atoms. The summed E-state index contributed by atoms with van der Waals surface area (Å²) in [4.78, 5) is 6.39. The van der Waals surface area contributed by atoms with Gasteiger partial charge < -0.3 is 5.73 Å². The van der Waals surface area contributed by atoms with Crippen LogP contribution in [0.1, 0.15) is 38.3 Å². The van der Waals surface area contributed by atoms with E-state index in [-0.39, 0.29) is 0 Å². The van der Waals surface area contributed by atoms with Crippen LogP contribution in [0.4, 0.5) is 0 Å². The molecule has 1 saturated heterocycles. The van der Waals surface area contributed by atoms with Gasteiger partial charge in [-0.3, -0.25) is 10.2 Å². The van der Waals surface area contributed by atoms with Gasteiger partial charge in [-0.2, -0.15) is 0 Å². The molecule has 0 atom stereocenters. The number of nitrogens with zero attached hydrogens (tertiary/aromatic N) is 1. The summed E-state index contributed by atoms with van der Waals surface area (Å²) < 4.78 is 0. The molecule has 1 fully saturated rings. The second-order valence-electron chi connectivity index (χ2n) is 5.85. The Labute approximate surface area is 116 Å². The van der Waals surface area contributed by atoms with E-state index in [4.69, 9.17) is 11.0 Å². The van der Waals surface area contributed by atoms with Crippen molar-refractivity contribution in [2.75, 3.05) is 13.1 Å². The zero-order valence-electron chi connectivity index (χ0n) is 12.2. The Kier molecular flexibility index (Phi) is 6.45. The van der Waals surface area contributed by atoms with E-state index in [9.17, 15) is 0 Å². The second-order valence-corrected chi connectivity index (χ2v) is 5.85. The van der Waals surface area contributed by atoms with E-state index in [0.29, 0.717) is 6.54 Å². The van der Waals surface area contributed by atoms with Crippen LogP contribution < -0.4 is 5.73 Å². The molecule has 0 bridgehead atoms. The minimum Gasteiger partial charge on any atom is -0.326 e. The highest BCUT2D eigenvalue weighted by Gasteiger charge is 2.13. The van der Waals surface area contributed by atoms with Crippen molar-refractivity contribution >= 4 is 0 Å². The third-order valence-electron chi connectivity index (χ3n) is 2.89. The van der Waals surface area contributed by atoms with E-state index in [0.717, 1.165) is 6.54 Å². The number of hydrogen-bond donors (Lipinski definition) is 2. The zero-order valence-corrected chi connectivity index (χ0v) is 12.2. The van der Waals surface area contributed by atoms with Crippen LogP contribution in [0.25, 0.3) is 0 Å². The van der Waals surface area contributed by atoms with Gasteiger partial charge >= 0.3 is 0 Å². The van der Waals surface area contributed by atoms with Crippen LogP contribution in [0.15, 0.2) is 24.3 Å². The number of likely N-dealkylation sites (tertiary alicyclic amines) is 1. The summed E-state index contributed by atoms with van der Waals surface area (Å²) in [5, 5.41) is 7.90. The van der Waals surface area contributed by atoms with Crippen molar-refractivity contribution in [3.8, 4) is 0 Å². The molecule has 4 heteroatoms. The summed E-state index contributed by atoms with van der Waals surface area (Å²) in [6, 6.07) is 8.60. The summed E-state index contributed by atoms with van der Waals surface area (Å²) >= 11 is 0. The van der Waals surface area contributed by atoms with Crippen LogP contribution in [0.5, 0.6) is 0 Å². The largest absolute Gasteiger partial charge is 0.326 e. The topological polar surface area (TPSA) is 58.7 Å². The first kappa shape index (κ1) is 16.1. The summed E-state index contributed by atoms with van der Waals surface area (Å²) in [6.07, 6.45) is 1.36. The van der Waals surface area contributed by atoms with Crippen LogP contribution in [0, 0.1) is 0 Å². The number of benzene rings is 1. The number of rotatable bonds is 3. The molecule has 0 amide bonds. The van der Waals surface area contributed by atoms with Crippen LogP contribution in [0.3, 0.4) is 0 Å². The third-order valence-corrected chi connectivity index (χ3v) is 2.89. The predicted molar refractivity (Wildman–Crippen MR) is 77.7 cm³/mol. The molecular weight excluding hydrogens is 240 g/mol. The minimum absolute atomic E-state index is 0.403. The molecule has 4 nitrogen and oxygen atoms in total. The Bertz CT molecular complexity index is 353. The molecule has 1 heterocycles. The highest BCUT2D eigenvalue weighted by molar-refractivity contribution is 5.22. The standard InChI is InChI=1S/C11H16N2.C4H10O2/c12-8-10-2-4-11(5-3-10)9-13-6-1-7-13;1-4(2,3)6-5/h2-5H,1,6-9,12H2;5H,1-3H3. The molecule has 19 heavy (non-hydrogen) atoms. The van der Waals surface area contributed by atoms with Gasteiger partial charge in [-0.1, -0.05) is 24.3 Å². The van der Waals surface area contributed by atoms with Crippen molar-refractivity contribution in [1.82, 2.24) is 4.90 Å². The number of hydrogen-bond acceptors (Lipinski definition) is 4. The van der Waals surface area contributed by atoms with Gasteiger partial charge in [0, 0.05) is 13.1 Å². The Morgan fingerprint density at radius 3 is 1.95 bits per heavy atom. The fourth-order valence-corrected chi connectivity index (χ4v) is 1.58. The minimum atomic E-state index is -0.403. The van der Waals surface area contributed by atoms with E-state index in [2.05, 4.69) is 34.1 Å². The zero-order chi connectivity index (χ0) is 14.3. The van der Waals surface area contributed by atoms with Crippen molar-refractivity contribution in [1.29, 1.82) is 0 Å². The fourth-order valence-electron chi connectivity index (χ4n) is 1.58. The third kappa shape index (κ3) is 6.68. The lowest BCUT2D eigenvalue weighted by molar-refractivity contribution is -0.306. The molecule has 3 N–H and O–H groups in total. The van der Waals surface area contributed by atoms with E-state index in [1.54, 1.807) is 20.8 Å². The van der Waals surface area contributed by atoms with Crippen LogP contribution in [-0.2, 0) is 18.0 Å². The highest BCUT2D eigenvalue weighted by atomic mass is 17.1. The normalized spacial score (nSPS) is 15.4. The van der Waals surface area contributed by atoms with E-state index in [1.165, 1.54) is 30.6 Å².